The molecule has 1 heterocycles. The average Bonchev–Trinajstić information content (AvgIpc) is 2.74. The van der Waals surface area contributed by atoms with E-state index in [1.165, 1.54) is 61.1 Å². The minimum absolute atomic E-state index is 0.519. The molecule has 0 spiro atoms. The zero-order valence-electron chi connectivity index (χ0n) is 21.5. The molecule has 4 heteroatoms. The molecular formula is C28H48N2OS. The predicted molar refractivity (Wildman–Crippen MR) is 145 cm³/mol. The van der Waals surface area contributed by atoms with E-state index in [4.69, 9.17) is 17.0 Å². The Morgan fingerprint density at radius 1 is 0.781 bits per heavy atom. The molecule has 0 saturated carbocycles. The highest BCUT2D eigenvalue weighted by atomic mass is 32.1. The second-order valence-corrected chi connectivity index (χ2v) is 9.85. The zero-order valence-corrected chi connectivity index (χ0v) is 22.3. The quantitative estimate of drug-likeness (QED) is 0.214. The molecule has 1 fully saturated rings. The lowest BCUT2D eigenvalue weighted by atomic mass is 10.0. The summed E-state index contributed by atoms with van der Waals surface area (Å²) in [6.07, 6.45) is 20.1. The Bertz CT molecular complexity index is 650. The Labute approximate surface area is 204 Å². The van der Waals surface area contributed by atoms with Gasteiger partial charge in [-0.2, -0.15) is 0 Å². The number of allylic oxidation sites excluding steroid dienone is 7. The summed E-state index contributed by atoms with van der Waals surface area (Å²) >= 11 is 5.29. The maximum Gasteiger partial charge on any atom is 0.256 e. The van der Waals surface area contributed by atoms with Crippen molar-refractivity contribution in [3.63, 3.8) is 0 Å². The number of nitrogens with one attached hydrogen (secondary N) is 1. The van der Waals surface area contributed by atoms with Gasteiger partial charge in [0, 0.05) is 13.1 Å². The van der Waals surface area contributed by atoms with Crippen LogP contribution in [0.15, 0.2) is 46.6 Å². The molecule has 1 aliphatic rings. The van der Waals surface area contributed by atoms with Gasteiger partial charge in [-0.1, -0.05) is 46.9 Å². The summed E-state index contributed by atoms with van der Waals surface area (Å²) in [6, 6.07) is 0. The highest BCUT2D eigenvalue weighted by Crippen LogP contribution is 2.13. The fourth-order valence-corrected chi connectivity index (χ4v) is 3.97. The summed E-state index contributed by atoms with van der Waals surface area (Å²) in [6.45, 7) is 15.9. The van der Waals surface area contributed by atoms with Crippen LogP contribution in [0.1, 0.15) is 92.4 Å². The summed E-state index contributed by atoms with van der Waals surface area (Å²) in [5.74, 6) is 0. The topological polar surface area (TPSA) is 24.5 Å². The molecule has 0 aromatic rings. The normalized spacial score (nSPS) is 16.1. The van der Waals surface area contributed by atoms with Crippen LogP contribution >= 0.6 is 12.2 Å². The Hall–Kier alpha value is -1.39. The molecule has 0 aromatic carbocycles. The van der Waals surface area contributed by atoms with Gasteiger partial charge in [-0.3, -0.25) is 0 Å². The number of hydrogen-bond donors (Lipinski definition) is 1. The van der Waals surface area contributed by atoms with Gasteiger partial charge in [-0.05, 0) is 117 Å². The van der Waals surface area contributed by atoms with Crippen LogP contribution in [0, 0.1) is 0 Å². The lowest BCUT2D eigenvalue weighted by Gasteiger charge is -2.26. The highest BCUT2D eigenvalue weighted by molar-refractivity contribution is 7.80. The van der Waals surface area contributed by atoms with E-state index in [9.17, 15) is 0 Å². The number of likely N-dealkylation sites (tertiary alicyclic amines) is 1. The standard InChI is InChI=1S/C28H48N2OS/c1-24(2)12-9-13-25(3)14-10-15-26(4)16-11-17-27(5)18-23-31-28(32)29-19-22-30-20-7-6-8-21-30/h12,14,16,18H,6-11,13,15,17,19-23H2,1-5H3,(H,29,32). The van der Waals surface area contributed by atoms with Crippen LogP contribution in [0.2, 0.25) is 0 Å². The van der Waals surface area contributed by atoms with Crippen LogP contribution in [-0.4, -0.2) is 42.9 Å². The van der Waals surface area contributed by atoms with Gasteiger partial charge in [0.1, 0.15) is 6.61 Å². The summed E-state index contributed by atoms with van der Waals surface area (Å²) in [5, 5.41) is 3.75. The molecule has 0 amide bonds. The SMILES string of the molecule is CC(C)=CCCC(C)=CCCC(C)=CCCC(C)=CCOC(=S)NCCN1CCCCC1. The van der Waals surface area contributed by atoms with Crippen molar-refractivity contribution in [1.82, 2.24) is 10.2 Å². The Kier molecular flexibility index (Phi) is 16.2. The molecule has 1 saturated heterocycles. The zero-order chi connectivity index (χ0) is 23.6. The minimum atomic E-state index is 0.519. The molecule has 0 atom stereocenters. The molecule has 32 heavy (non-hydrogen) atoms. The van der Waals surface area contributed by atoms with Crippen LogP contribution < -0.4 is 5.32 Å². The molecule has 0 aliphatic carbocycles. The van der Waals surface area contributed by atoms with E-state index in [0.717, 1.165) is 45.2 Å². The third kappa shape index (κ3) is 16.3. The van der Waals surface area contributed by atoms with Crippen LogP contribution in [0.25, 0.3) is 0 Å². The second kappa shape index (κ2) is 18.1. The Morgan fingerprint density at radius 2 is 1.31 bits per heavy atom. The van der Waals surface area contributed by atoms with Gasteiger partial charge in [0.05, 0.1) is 0 Å². The summed E-state index contributed by atoms with van der Waals surface area (Å²) in [4.78, 5) is 2.50. The van der Waals surface area contributed by atoms with Crippen molar-refractivity contribution in [3.8, 4) is 0 Å². The average molecular weight is 461 g/mol. The maximum atomic E-state index is 5.65. The van der Waals surface area contributed by atoms with Crippen molar-refractivity contribution in [3.05, 3.63) is 46.6 Å². The molecular weight excluding hydrogens is 412 g/mol. The lowest BCUT2D eigenvalue weighted by molar-refractivity contribution is 0.230. The second-order valence-electron chi connectivity index (χ2n) is 9.48. The van der Waals surface area contributed by atoms with Crippen molar-refractivity contribution in [2.45, 2.75) is 92.4 Å². The third-order valence-corrected chi connectivity index (χ3v) is 6.21. The molecule has 3 nitrogen and oxygen atoms in total. The van der Waals surface area contributed by atoms with Gasteiger partial charge in [0.25, 0.3) is 5.17 Å². The molecule has 1 N–H and O–H groups in total. The van der Waals surface area contributed by atoms with E-state index in [1.54, 1.807) is 0 Å². The fourth-order valence-electron chi connectivity index (χ4n) is 3.80. The van der Waals surface area contributed by atoms with E-state index in [1.807, 2.05) is 0 Å². The van der Waals surface area contributed by atoms with Crippen LogP contribution in [-0.2, 0) is 4.74 Å². The van der Waals surface area contributed by atoms with E-state index in [-0.39, 0.29) is 0 Å². The summed E-state index contributed by atoms with van der Waals surface area (Å²) in [7, 11) is 0. The number of thiocarbonyl (C=S) groups is 1. The first-order chi connectivity index (χ1) is 15.4. The number of nitrogens with zero attached hydrogens (tertiary/aromatic N) is 1. The van der Waals surface area contributed by atoms with Crippen molar-refractivity contribution in [2.24, 2.45) is 0 Å². The van der Waals surface area contributed by atoms with E-state index < -0.39 is 0 Å². The molecule has 0 bridgehead atoms. The smallest absolute Gasteiger partial charge is 0.256 e. The predicted octanol–water partition coefficient (Wildman–Crippen LogP) is 7.51. The van der Waals surface area contributed by atoms with Gasteiger partial charge >= 0.3 is 0 Å². The largest absolute Gasteiger partial charge is 0.467 e. The molecule has 0 aromatic heterocycles. The molecule has 1 aliphatic heterocycles. The van der Waals surface area contributed by atoms with Crippen molar-refractivity contribution in [2.75, 3.05) is 32.8 Å². The van der Waals surface area contributed by atoms with E-state index in [0.29, 0.717) is 11.8 Å². The lowest BCUT2D eigenvalue weighted by Crippen LogP contribution is -2.37. The van der Waals surface area contributed by atoms with E-state index >= 15 is 0 Å². The number of rotatable bonds is 14. The number of piperidine rings is 1. The summed E-state index contributed by atoms with van der Waals surface area (Å²) in [5.41, 5.74) is 5.77. The van der Waals surface area contributed by atoms with Crippen LogP contribution in [0.5, 0.6) is 0 Å². The Balaban J connectivity index is 2.11. The van der Waals surface area contributed by atoms with Gasteiger partial charge in [-0.15, -0.1) is 0 Å². The van der Waals surface area contributed by atoms with Crippen molar-refractivity contribution >= 4 is 17.4 Å². The molecule has 0 unspecified atom stereocenters. The number of hydrogen-bond acceptors (Lipinski definition) is 3. The first-order valence-corrected chi connectivity index (χ1v) is 13.0. The van der Waals surface area contributed by atoms with Crippen molar-refractivity contribution < 1.29 is 4.74 Å². The highest BCUT2D eigenvalue weighted by Gasteiger charge is 2.09. The van der Waals surface area contributed by atoms with Crippen LogP contribution in [0.3, 0.4) is 0 Å². The van der Waals surface area contributed by atoms with Gasteiger partial charge in [0.15, 0.2) is 0 Å². The van der Waals surface area contributed by atoms with Gasteiger partial charge in [-0.25, -0.2) is 0 Å². The maximum absolute atomic E-state index is 5.65. The van der Waals surface area contributed by atoms with Gasteiger partial charge in [0.2, 0.25) is 0 Å². The number of ether oxygens (including phenoxy) is 1. The summed E-state index contributed by atoms with van der Waals surface area (Å²) < 4.78 is 5.65. The van der Waals surface area contributed by atoms with Crippen LogP contribution in [0.4, 0.5) is 0 Å². The molecule has 1 rings (SSSR count). The first kappa shape index (κ1) is 28.6. The first-order valence-electron chi connectivity index (χ1n) is 12.6. The molecule has 0 radical (unpaired) electrons. The monoisotopic (exact) mass is 460 g/mol. The van der Waals surface area contributed by atoms with E-state index in [2.05, 4.69) is 69.1 Å². The van der Waals surface area contributed by atoms with Gasteiger partial charge < -0.3 is 15.0 Å². The molecule has 182 valence electrons. The fraction of sp³-hybridized carbons (Fsp3) is 0.679. The minimum Gasteiger partial charge on any atom is -0.467 e. The third-order valence-electron chi connectivity index (χ3n) is 5.95. The Morgan fingerprint density at radius 3 is 1.88 bits per heavy atom. The van der Waals surface area contributed by atoms with Crippen molar-refractivity contribution in [1.29, 1.82) is 0 Å².